The molecule has 0 saturated heterocycles. The smallest absolute Gasteiger partial charge is 0.200 e. The minimum atomic E-state index is -4.35. The summed E-state index contributed by atoms with van der Waals surface area (Å²) in [5, 5.41) is 12.4. The second-order valence-corrected chi connectivity index (χ2v) is 3.54. The molecule has 0 atom stereocenters. The van der Waals surface area contributed by atoms with E-state index in [2.05, 4.69) is 15.3 Å². The van der Waals surface area contributed by atoms with E-state index in [4.69, 9.17) is 0 Å². The number of aromatic nitrogens is 4. The van der Waals surface area contributed by atoms with Crippen LogP contribution in [0.5, 0.6) is 0 Å². The lowest BCUT2D eigenvalue weighted by molar-refractivity contribution is -0.137. The summed E-state index contributed by atoms with van der Waals surface area (Å²) in [4.78, 5) is 0. The van der Waals surface area contributed by atoms with Gasteiger partial charge in [0, 0.05) is 10.8 Å². The normalized spacial score (nSPS) is 12.4. The molecule has 0 aliphatic heterocycles. The lowest BCUT2D eigenvalue weighted by atomic mass is 10.1. The van der Waals surface area contributed by atoms with Crippen LogP contribution in [0.25, 0.3) is 16.4 Å². The van der Waals surface area contributed by atoms with Crippen molar-refractivity contribution >= 4 is 16.4 Å². The van der Waals surface area contributed by atoms with E-state index in [-0.39, 0.29) is 0 Å². The molecule has 17 heavy (non-hydrogen) atoms. The van der Waals surface area contributed by atoms with Crippen molar-refractivity contribution < 1.29 is 13.2 Å². The standard InChI is InChI=1S/C10H5F3N4/c11-10(12,13)7-1-2-8-6(3-7)4-15-17-5-14-16-9(8)17/h1-5H. The Kier molecular flexibility index (Phi) is 1.86. The molecule has 0 bridgehead atoms. The third kappa shape index (κ3) is 1.50. The molecule has 0 aliphatic rings. The lowest BCUT2D eigenvalue weighted by Gasteiger charge is -2.07. The molecule has 0 radical (unpaired) electrons. The van der Waals surface area contributed by atoms with Gasteiger partial charge in [0.2, 0.25) is 0 Å². The zero-order chi connectivity index (χ0) is 12.0. The number of hydrogen-bond donors (Lipinski definition) is 0. The molecule has 0 spiro atoms. The Morgan fingerprint density at radius 2 is 2.00 bits per heavy atom. The third-order valence-electron chi connectivity index (χ3n) is 2.47. The Balaban J connectivity index is 2.34. The van der Waals surface area contributed by atoms with Crippen LogP contribution in [0.1, 0.15) is 5.56 Å². The van der Waals surface area contributed by atoms with Crippen LogP contribution in [0.2, 0.25) is 0 Å². The summed E-state index contributed by atoms with van der Waals surface area (Å²) in [5.74, 6) is 0. The molecule has 0 amide bonds. The Bertz CT molecular complexity index is 701. The van der Waals surface area contributed by atoms with E-state index in [9.17, 15) is 13.2 Å². The molecule has 3 aromatic rings. The first-order valence-electron chi connectivity index (χ1n) is 4.72. The first-order chi connectivity index (χ1) is 8.05. The first-order valence-corrected chi connectivity index (χ1v) is 4.72. The van der Waals surface area contributed by atoms with Crippen LogP contribution >= 0.6 is 0 Å². The molecule has 1 aromatic carbocycles. The molecule has 3 rings (SSSR count). The molecular formula is C10H5F3N4. The second kappa shape index (κ2) is 3.16. The van der Waals surface area contributed by atoms with Gasteiger partial charge in [-0.3, -0.25) is 0 Å². The zero-order valence-corrected chi connectivity index (χ0v) is 8.31. The number of hydrogen-bond acceptors (Lipinski definition) is 3. The first kappa shape index (κ1) is 10.0. The molecule has 7 heteroatoms. The van der Waals surface area contributed by atoms with E-state index in [0.29, 0.717) is 16.4 Å². The molecule has 2 heterocycles. The van der Waals surface area contributed by atoms with Crippen LogP contribution in [0.3, 0.4) is 0 Å². The Labute approximate surface area is 92.7 Å². The van der Waals surface area contributed by atoms with Gasteiger partial charge in [0.25, 0.3) is 0 Å². The highest BCUT2D eigenvalue weighted by Crippen LogP contribution is 2.31. The van der Waals surface area contributed by atoms with E-state index >= 15 is 0 Å². The Hall–Kier alpha value is -2.18. The lowest BCUT2D eigenvalue weighted by Crippen LogP contribution is -2.04. The summed E-state index contributed by atoms with van der Waals surface area (Å²) in [6.07, 6.45) is -1.60. The topological polar surface area (TPSA) is 43.1 Å². The van der Waals surface area contributed by atoms with Crippen LogP contribution in [0.4, 0.5) is 13.2 Å². The van der Waals surface area contributed by atoms with Gasteiger partial charge in [-0.2, -0.15) is 22.8 Å². The largest absolute Gasteiger partial charge is 0.416 e. The fourth-order valence-electron chi connectivity index (χ4n) is 1.67. The fraction of sp³-hybridized carbons (Fsp3) is 0.100. The number of benzene rings is 1. The van der Waals surface area contributed by atoms with Gasteiger partial charge in [0.05, 0.1) is 11.8 Å². The Morgan fingerprint density at radius 3 is 2.76 bits per heavy atom. The van der Waals surface area contributed by atoms with Crippen LogP contribution in [-0.4, -0.2) is 19.8 Å². The third-order valence-corrected chi connectivity index (χ3v) is 2.47. The van der Waals surface area contributed by atoms with Gasteiger partial charge in [0.15, 0.2) is 5.65 Å². The molecule has 0 unspecified atom stereocenters. The van der Waals surface area contributed by atoms with Crippen molar-refractivity contribution in [2.75, 3.05) is 0 Å². The molecule has 2 aromatic heterocycles. The summed E-state index contributed by atoms with van der Waals surface area (Å²) < 4.78 is 39.0. The monoisotopic (exact) mass is 238 g/mol. The van der Waals surface area contributed by atoms with E-state index < -0.39 is 11.7 Å². The van der Waals surface area contributed by atoms with Crippen LogP contribution < -0.4 is 0 Å². The van der Waals surface area contributed by atoms with Gasteiger partial charge in [-0.25, -0.2) is 0 Å². The molecular weight excluding hydrogens is 233 g/mol. The van der Waals surface area contributed by atoms with Gasteiger partial charge in [-0.05, 0) is 18.2 Å². The van der Waals surface area contributed by atoms with Crippen molar-refractivity contribution in [1.82, 2.24) is 19.8 Å². The summed E-state index contributed by atoms with van der Waals surface area (Å²) in [6, 6.07) is 3.46. The molecule has 0 N–H and O–H groups in total. The minimum Gasteiger partial charge on any atom is -0.200 e. The van der Waals surface area contributed by atoms with Gasteiger partial charge in [-0.1, -0.05) is 0 Å². The quantitative estimate of drug-likeness (QED) is 0.603. The minimum absolute atomic E-state index is 0.389. The fourth-order valence-corrected chi connectivity index (χ4v) is 1.67. The highest BCUT2D eigenvalue weighted by Gasteiger charge is 2.30. The van der Waals surface area contributed by atoms with Gasteiger partial charge in [0.1, 0.15) is 6.33 Å². The molecule has 0 aliphatic carbocycles. The summed E-state index contributed by atoms with van der Waals surface area (Å²) >= 11 is 0. The van der Waals surface area contributed by atoms with Crippen molar-refractivity contribution in [3.8, 4) is 0 Å². The predicted molar refractivity (Wildman–Crippen MR) is 53.3 cm³/mol. The zero-order valence-electron chi connectivity index (χ0n) is 8.31. The maximum Gasteiger partial charge on any atom is 0.416 e. The Morgan fingerprint density at radius 1 is 1.18 bits per heavy atom. The van der Waals surface area contributed by atoms with Crippen LogP contribution in [0, 0.1) is 0 Å². The van der Waals surface area contributed by atoms with E-state index in [1.54, 1.807) is 0 Å². The van der Waals surface area contributed by atoms with Crippen LogP contribution in [-0.2, 0) is 6.18 Å². The maximum absolute atomic E-state index is 12.5. The summed E-state index contributed by atoms with van der Waals surface area (Å²) in [7, 11) is 0. The van der Waals surface area contributed by atoms with Gasteiger partial charge < -0.3 is 0 Å². The van der Waals surface area contributed by atoms with Crippen molar-refractivity contribution in [3.05, 3.63) is 36.3 Å². The van der Waals surface area contributed by atoms with Gasteiger partial charge in [-0.15, -0.1) is 10.2 Å². The van der Waals surface area contributed by atoms with E-state index in [0.717, 1.165) is 12.1 Å². The number of fused-ring (bicyclic) bond motifs is 3. The van der Waals surface area contributed by atoms with E-state index in [1.807, 2.05) is 0 Å². The number of alkyl halides is 3. The van der Waals surface area contributed by atoms with Crippen LogP contribution in [0.15, 0.2) is 30.7 Å². The van der Waals surface area contributed by atoms with Crippen molar-refractivity contribution in [2.45, 2.75) is 6.18 Å². The number of halogens is 3. The molecule has 86 valence electrons. The average molecular weight is 238 g/mol. The van der Waals surface area contributed by atoms with Gasteiger partial charge >= 0.3 is 6.18 Å². The second-order valence-electron chi connectivity index (χ2n) is 3.54. The van der Waals surface area contributed by atoms with Crippen molar-refractivity contribution in [2.24, 2.45) is 0 Å². The summed E-state index contributed by atoms with van der Waals surface area (Å²) in [5.41, 5.74) is -0.258. The van der Waals surface area contributed by atoms with E-state index in [1.165, 1.54) is 23.1 Å². The average Bonchev–Trinajstić information content (AvgIpc) is 2.75. The van der Waals surface area contributed by atoms with Crippen molar-refractivity contribution in [1.29, 1.82) is 0 Å². The summed E-state index contributed by atoms with van der Waals surface area (Å²) in [6.45, 7) is 0. The maximum atomic E-state index is 12.5. The number of rotatable bonds is 0. The molecule has 4 nitrogen and oxygen atoms in total. The molecule has 0 fully saturated rings. The highest BCUT2D eigenvalue weighted by molar-refractivity contribution is 5.93. The van der Waals surface area contributed by atoms with Crippen molar-refractivity contribution in [3.63, 3.8) is 0 Å². The number of nitrogens with zero attached hydrogens (tertiary/aromatic N) is 4. The predicted octanol–water partition coefficient (Wildman–Crippen LogP) is 2.30. The SMILES string of the molecule is FC(F)(F)c1ccc2c(cnn3cnnc23)c1. The molecule has 0 saturated carbocycles. The highest BCUT2D eigenvalue weighted by atomic mass is 19.4.